The van der Waals surface area contributed by atoms with E-state index in [0.717, 1.165) is 100 Å². The third-order valence-electron chi connectivity index (χ3n) is 18.0. The fraction of sp³-hybridized carbons (Fsp3) is 0.644. The van der Waals surface area contributed by atoms with Crippen LogP contribution in [0.5, 0.6) is 0 Å². The fourth-order valence-corrected chi connectivity index (χ4v) is 13.7. The van der Waals surface area contributed by atoms with E-state index in [4.69, 9.17) is 10.5 Å². The van der Waals surface area contributed by atoms with Gasteiger partial charge >= 0.3 is 6.09 Å². The van der Waals surface area contributed by atoms with E-state index in [9.17, 15) is 38.7 Å². The number of hydrogen-bond donors (Lipinski definition) is 8. The van der Waals surface area contributed by atoms with Crippen LogP contribution < -0.4 is 37.6 Å². The number of unbranched alkanes of at least 4 members (excludes halogenated alkanes) is 1. The highest BCUT2D eigenvalue weighted by Gasteiger charge is 2.58. The molecule has 408 valence electrons. The zero-order chi connectivity index (χ0) is 54.3. The van der Waals surface area contributed by atoms with Gasteiger partial charge in [-0.05, 0) is 172 Å². The number of fused-ring (bicyclic) bond motifs is 6. The summed E-state index contributed by atoms with van der Waals surface area (Å²) in [6, 6.07) is 8.85. The van der Waals surface area contributed by atoms with Gasteiger partial charge in [0.05, 0.1) is 16.9 Å². The Labute approximate surface area is 443 Å². The Hall–Kier alpha value is -5.79. The second-order valence-corrected chi connectivity index (χ2v) is 23.6. The minimum absolute atomic E-state index is 0.0466. The Morgan fingerprint density at radius 3 is 1.87 bits per heavy atom. The first-order valence-electron chi connectivity index (χ1n) is 27.8. The number of nitrogens with two attached hydrogens (primary N) is 1. The Morgan fingerprint density at radius 2 is 1.29 bits per heavy atom. The van der Waals surface area contributed by atoms with Crippen molar-refractivity contribution < 1.29 is 43.4 Å². The fourth-order valence-electron chi connectivity index (χ4n) is 13.7. The monoisotopic (exact) mass is 1030 g/mol. The van der Waals surface area contributed by atoms with Gasteiger partial charge in [0.2, 0.25) is 35.4 Å². The second-order valence-electron chi connectivity index (χ2n) is 23.6. The van der Waals surface area contributed by atoms with E-state index in [1.807, 2.05) is 44.2 Å². The Kier molecular flexibility index (Phi) is 18.2. The van der Waals surface area contributed by atoms with Crippen molar-refractivity contribution in [3.63, 3.8) is 0 Å². The van der Waals surface area contributed by atoms with Crippen molar-refractivity contribution in [2.45, 2.75) is 199 Å². The molecule has 0 saturated heterocycles. The molecule has 0 aliphatic heterocycles. The number of carbonyl (C=O) groups is 7. The molecule has 2 aromatic carbocycles. The number of benzene rings is 2. The largest absolute Gasteiger partial charge is 0.465 e. The lowest BCUT2D eigenvalue weighted by molar-refractivity contribution is -0.150. The minimum atomic E-state index is -1.13. The molecule has 2 aromatic rings. The summed E-state index contributed by atoms with van der Waals surface area (Å²) in [6.07, 6.45) is 12.7. The summed E-state index contributed by atoms with van der Waals surface area (Å²) >= 11 is 0. The molecule has 0 radical (unpaired) electrons. The van der Waals surface area contributed by atoms with E-state index in [-0.39, 0.29) is 53.6 Å². The molecule has 0 bridgehead atoms. The summed E-state index contributed by atoms with van der Waals surface area (Å²) in [7, 11) is 0. The van der Waals surface area contributed by atoms with Gasteiger partial charge in [-0.3, -0.25) is 39.4 Å². The van der Waals surface area contributed by atoms with Gasteiger partial charge in [0.25, 0.3) is 0 Å². The summed E-state index contributed by atoms with van der Waals surface area (Å²) < 4.78 is 5.70. The van der Waals surface area contributed by atoms with Gasteiger partial charge in [-0.25, -0.2) is 4.79 Å². The number of anilines is 2. The van der Waals surface area contributed by atoms with Gasteiger partial charge in [0, 0.05) is 24.3 Å². The maximum Gasteiger partial charge on any atom is 0.409 e. The first kappa shape index (κ1) is 56.9. The topological polar surface area (TPSA) is 247 Å². The first-order chi connectivity index (χ1) is 35.6. The van der Waals surface area contributed by atoms with E-state index in [1.54, 1.807) is 26.8 Å². The summed E-state index contributed by atoms with van der Waals surface area (Å²) in [5.41, 5.74) is 9.33. The lowest BCUT2D eigenvalue weighted by Crippen LogP contribution is -2.60. The van der Waals surface area contributed by atoms with Crippen LogP contribution in [0.25, 0.3) is 0 Å². The molecule has 2 saturated carbocycles. The number of hydrogen-bond acceptors (Lipinski definition) is 9. The smallest absolute Gasteiger partial charge is 0.409 e. The number of aryl methyl sites for hydroxylation is 2. The number of nitrogens with one attached hydrogen (secondary N) is 6. The molecule has 9 N–H and O–H groups in total. The molecule has 16 nitrogen and oxygen atoms in total. The predicted octanol–water partition coefficient (Wildman–Crippen LogP) is 7.69. The van der Waals surface area contributed by atoms with Gasteiger partial charge in [0.15, 0.2) is 0 Å². The molecule has 5 aliphatic carbocycles. The summed E-state index contributed by atoms with van der Waals surface area (Å²) in [5, 5.41) is 26.4. The molecule has 0 aromatic heterocycles. The van der Waals surface area contributed by atoms with Gasteiger partial charge in [-0.2, -0.15) is 0 Å². The third kappa shape index (κ3) is 12.7. The van der Waals surface area contributed by atoms with E-state index >= 15 is 0 Å². The Balaban J connectivity index is 0.916. The lowest BCUT2D eigenvalue weighted by atomic mass is 9.49. The van der Waals surface area contributed by atoms with E-state index in [2.05, 4.69) is 57.6 Å². The summed E-state index contributed by atoms with van der Waals surface area (Å²) in [4.78, 5) is 93.9. The molecule has 2 fully saturated rings. The molecule has 5 aliphatic rings. The maximum atomic E-state index is 14.8. The highest BCUT2D eigenvalue weighted by molar-refractivity contribution is 6.01. The van der Waals surface area contributed by atoms with Gasteiger partial charge < -0.3 is 36.8 Å². The number of imide groups is 1. The number of amides is 7. The van der Waals surface area contributed by atoms with Crippen molar-refractivity contribution in [1.82, 2.24) is 21.3 Å². The third-order valence-corrected chi connectivity index (χ3v) is 18.0. The van der Waals surface area contributed by atoms with E-state index < -0.39 is 58.2 Å². The molecular formula is C59H83N7O9. The second kappa shape index (κ2) is 24.0. The molecule has 0 heterocycles. The van der Waals surface area contributed by atoms with Crippen LogP contribution in [0.3, 0.4) is 0 Å². The lowest BCUT2D eigenvalue weighted by Gasteiger charge is -2.56. The van der Waals surface area contributed by atoms with Gasteiger partial charge in [-0.1, -0.05) is 78.9 Å². The number of rotatable bonds is 18. The van der Waals surface area contributed by atoms with Crippen LogP contribution >= 0.6 is 0 Å². The number of ether oxygens (including phenoxy) is 1. The van der Waals surface area contributed by atoms with Crippen LogP contribution in [-0.4, -0.2) is 84.0 Å². The van der Waals surface area contributed by atoms with Crippen molar-refractivity contribution >= 4 is 52.9 Å². The quantitative estimate of drug-likeness (QED) is 0.0411. The SMILES string of the molecule is CC(C)[C@H](NC(=O)C(N)CCCCNC(=O)COC1C#CCCCCC1)C(=O)N[C@@H](C)C(=O)Nc1ccc2c(c1)[C@@]1(C)CCC[C@](C)(C(=O)NC(=O)[C@@]3(C)CCC[C@]4(C)c5cc(NC(=O)O)ccc5CC[C@@H]34)[C@@H]1CC2. The molecule has 10 atom stereocenters. The van der Waals surface area contributed by atoms with E-state index in [0.29, 0.717) is 50.0 Å². The molecule has 75 heavy (non-hydrogen) atoms. The predicted molar refractivity (Wildman–Crippen MR) is 288 cm³/mol. The minimum Gasteiger partial charge on any atom is -0.465 e. The summed E-state index contributed by atoms with van der Waals surface area (Å²) in [6.45, 7) is 14.0. The number of carbonyl (C=O) groups excluding carboxylic acids is 6. The highest BCUT2D eigenvalue weighted by atomic mass is 16.5. The first-order valence-corrected chi connectivity index (χ1v) is 27.8. The van der Waals surface area contributed by atoms with Crippen LogP contribution in [0.2, 0.25) is 0 Å². The average molecular weight is 1030 g/mol. The molecule has 7 rings (SSSR count). The van der Waals surface area contributed by atoms with Crippen molar-refractivity contribution in [1.29, 1.82) is 0 Å². The molecule has 16 heteroatoms. The Bertz CT molecular complexity index is 2560. The van der Waals surface area contributed by atoms with Crippen LogP contribution in [0.1, 0.15) is 173 Å². The van der Waals surface area contributed by atoms with Crippen molar-refractivity contribution in [2.24, 2.45) is 34.3 Å². The zero-order valence-electron chi connectivity index (χ0n) is 45.4. The standard InChI is InChI=1S/C59H83N7O9/c1-36(2)49(65-51(69)45(60)19-13-14-32-61-48(67)35-75-42-17-11-9-8-10-12-18-42)52(70)62-37(3)50(68)63-40-24-20-38-22-26-46-56(4,43(38)33-40)28-15-30-58(46,6)53(71)66-54(72)59(7)31-16-29-57(5)44-34-41(64-55(73)74)25-21-39(44)23-27-47(57)59/h20-21,24-25,33-34,36-37,42,45-47,49,64H,8-11,13-17,19,22-23,26-32,35,60H2,1-7H3,(H,61,67)(H,62,70)(H,63,68)(H,65,69)(H,73,74)(H,66,71,72)/t37-,42?,45?,46+,47+,49-,56+,57+,58-,59-/m0/s1. The van der Waals surface area contributed by atoms with Crippen molar-refractivity contribution in [3.8, 4) is 11.8 Å². The van der Waals surface area contributed by atoms with Gasteiger partial charge in [-0.15, -0.1) is 5.92 Å². The maximum absolute atomic E-state index is 14.8. The van der Waals surface area contributed by atoms with Crippen LogP contribution in [0.4, 0.5) is 16.2 Å². The molecule has 0 spiro atoms. The van der Waals surface area contributed by atoms with Crippen molar-refractivity contribution in [3.05, 3.63) is 58.7 Å². The molecular weight excluding hydrogens is 951 g/mol. The van der Waals surface area contributed by atoms with E-state index in [1.165, 1.54) is 5.56 Å². The molecule has 7 amide bonds. The van der Waals surface area contributed by atoms with Crippen molar-refractivity contribution in [2.75, 3.05) is 23.8 Å². The van der Waals surface area contributed by atoms with Gasteiger partial charge in [0.1, 0.15) is 24.8 Å². The average Bonchev–Trinajstić information content (AvgIpc) is 3.35. The highest BCUT2D eigenvalue weighted by Crippen LogP contribution is 2.60. The summed E-state index contributed by atoms with van der Waals surface area (Å²) in [5.74, 6) is 3.65. The number of carboxylic acid groups (broad SMARTS) is 1. The van der Waals surface area contributed by atoms with Crippen LogP contribution in [-0.2, 0) is 57.2 Å². The molecule has 2 unspecified atom stereocenters. The zero-order valence-corrected chi connectivity index (χ0v) is 45.4. The van der Waals surface area contributed by atoms with Crippen LogP contribution in [0, 0.1) is 40.4 Å². The normalized spacial score (nSPS) is 28.0. The Morgan fingerprint density at radius 1 is 0.707 bits per heavy atom. The van der Waals surface area contributed by atoms with Crippen LogP contribution in [0.15, 0.2) is 36.4 Å².